The molecule has 29 heteroatoms. The number of ether oxygens (including phenoxy) is 2. The maximum absolute atomic E-state index is 12.6. The summed E-state index contributed by atoms with van der Waals surface area (Å²) in [6.07, 6.45) is -5.43. The van der Waals surface area contributed by atoms with E-state index in [2.05, 4.69) is 26.6 Å². The van der Waals surface area contributed by atoms with Crippen molar-refractivity contribution in [2.24, 2.45) is 23.5 Å². The van der Waals surface area contributed by atoms with Crippen LogP contribution >= 0.6 is 58.5 Å². The van der Waals surface area contributed by atoms with Gasteiger partial charge in [-0.25, -0.2) is 14.4 Å². The highest BCUT2D eigenvalue weighted by Gasteiger charge is 2.46. The third-order valence-electron chi connectivity index (χ3n) is 14.6. The minimum atomic E-state index is -4.88. The maximum atomic E-state index is 12.6. The van der Waals surface area contributed by atoms with Crippen molar-refractivity contribution in [2.45, 2.75) is 88.3 Å². The van der Waals surface area contributed by atoms with Crippen LogP contribution in [0.15, 0.2) is 157 Å². The fourth-order valence-electron chi connectivity index (χ4n) is 9.81. The number of aromatic carboxylic acids is 1. The molecular formula is C67H70Cl2F3N9O12S3. The molecule has 0 unspecified atom stereocenters. The van der Waals surface area contributed by atoms with Crippen molar-refractivity contribution < 1.29 is 70.9 Å². The van der Waals surface area contributed by atoms with Crippen molar-refractivity contribution in [1.82, 2.24) is 25.3 Å². The number of alkyl halides is 5. The lowest BCUT2D eigenvalue weighted by Gasteiger charge is -2.39. The summed E-state index contributed by atoms with van der Waals surface area (Å²) in [5.74, 6) is -3.72. The normalized spacial score (nSPS) is 15.3. The van der Waals surface area contributed by atoms with Crippen LogP contribution in [0.3, 0.4) is 0 Å². The van der Waals surface area contributed by atoms with Crippen LogP contribution in [0, 0.1) is 17.8 Å². The third kappa shape index (κ3) is 19.8. The molecule has 8 N–H and O–H groups in total. The molecule has 6 aromatic carbocycles. The Balaban J connectivity index is 0.000000169. The van der Waals surface area contributed by atoms with Gasteiger partial charge in [0.2, 0.25) is 0 Å². The number of nitrogens with two attached hydrogens (primary N) is 1. The second-order valence-electron chi connectivity index (χ2n) is 24.4. The van der Waals surface area contributed by atoms with Crippen LogP contribution in [0.4, 0.5) is 39.8 Å². The molecule has 6 heterocycles. The van der Waals surface area contributed by atoms with E-state index in [9.17, 15) is 56.3 Å². The number of carbonyl (C=O) groups excluding carboxylic acids is 8. The van der Waals surface area contributed by atoms with Gasteiger partial charge in [-0.3, -0.25) is 28.8 Å². The smallest absolute Gasteiger partial charge is 0.471 e. The van der Waals surface area contributed by atoms with Gasteiger partial charge in [-0.05, 0) is 139 Å². The lowest BCUT2D eigenvalue weighted by molar-refractivity contribution is -0.191. The van der Waals surface area contributed by atoms with Crippen LogP contribution in [0.5, 0.6) is 0 Å². The van der Waals surface area contributed by atoms with Gasteiger partial charge < -0.3 is 61.6 Å². The summed E-state index contributed by atoms with van der Waals surface area (Å²) in [5.41, 5.74) is 8.93. The number of likely N-dealkylation sites (tertiary alicyclic amines) is 3. The Labute approximate surface area is 574 Å². The minimum absolute atomic E-state index is 0.0479. The molecule has 6 aromatic rings. The molecule has 3 saturated heterocycles. The van der Waals surface area contributed by atoms with Crippen molar-refractivity contribution in [3.8, 4) is 0 Å². The quantitative estimate of drug-likeness (QED) is 0.0697. The fourth-order valence-corrected chi connectivity index (χ4v) is 12.8. The summed E-state index contributed by atoms with van der Waals surface area (Å²) < 4.78 is 47.6. The van der Waals surface area contributed by atoms with Crippen LogP contribution in [0.2, 0.25) is 0 Å². The number of rotatable bonds is 8. The molecule has 0 aliphatic carbocycles. The largest absolute Gasteiger partial charge is 0.478 e. The predicted molar refractivity (Wildman–Crippen MR) is 361 cm³/mol. The molecular weight excluding hydrogens is 1350 g/mol. The van der Waals surface area contributed by atoms with Gasteiger partial charge in [0, 0.05) is 111 Å². The van der Waals surface area contributed by atoms with Gasteiger partial charge in [-0.1, -0.05) is 71.7 Å². The number of nitrogens with zero attached hydrogens (tertiary/aromatic N) is 3. The standard InChI is InChI=1S/C23H25N3O4S.C20H16F3N3O3S.C14H9NO3S.C9H18N2O2.CH2Cl2/c1-23(2,3)30-22(29)26-12-14(13-26)11-24-20(27)15-8-9-19-17(10-15)25-21(28)16-6-4-5-7-18(16)31-19;21-20(22,23)19(29)26-9-11(10-26)8-24-17(27)12-5-6-16-14(7-12)25-18(28)13-3-1-2-4-15(13)30-16;16-13-9-3-1-2-4-11(9)19-12-6-5-8(14(17)18)7-10(12)15-13;1-9(2,3)13-8(12)11-5-7(4-10)6-11;2-1-3/h4-10,14H,11-13H2,1-3H3,(H,24,27)(H,25,28);1-7,11H,8-10H2,(H,24,27)(H,25,28);1-7H,(H,15,16)(H,17,18);7H,4-6,10H2,1-3H3;1H2. The summed E-state index contributed by atoms with van der Waals surface area (Å²) in [7, 11) is 0. The van der Waals surface area contributed by atoms with Gasteiger partial charge in [0.25, 0.3) is 29.5 Å². The summed E-state index contributed by atoms with van der Waals surface area (Å²) >= 11 is 13.9. The third-order valence-corrected chi connectivity index (χ3v) is 18.1. The van der Waals surface area contributed by atoms with E-state index in [4.69, 9.17) is 43.5 Å². The molecule has 0 saturated carbocycles. The number of fused-ring (bicyclic) bond motifs is 6. The number of carboxylic acid groups (broad SMARTS) is 1. The van der Waals surface area contributed by atoms with Crippen molar-refractivity contribution in [1.29, 1.82) is 0 Å². The van der Waals surface area contributed by atoms with Crippen LogP contribution in [0.25, 0.3) is 0 Å². The van der Waals surface area contributed by atoms with Crippen molar-refractivity contribution in [3.63, 3.8) is 0 Å². The highest BCUT2D eigenvalue weighted by atomic mass is 35.5. The summed E-state index contributed by atoms with van der Waals surface area (Å²) in [6.45, 7) is 14.9. The van der Waals surface area contributed by atoms with Crippen LogP contribution < -0.4 is 32.3 Å². The van der Waals surface area contributed by atoms with Gasteiger partial charge in [0.05, 0.1) is 44.7 Å². The van der Waals surface area contributed by atoms with Gasteiger partial charge >= 0.3 is 30.2 Å². The monoisotopic (exact) mass is 1420 g/mol. The van der Waals surface area contributed by atoms with Gasteiger partial charge in [-0.15, -0.1) is 23.2 Å². The number of halogens is 5. The summed E-state index contributed by atoms with van der Waals surface area (Å²) in [5, 5.41) is 23.2. The summed E-state index contributed by atoms with van der Waals surface area (Å²) in [6, 6.07) is 36.9. The average Bonchev–Trinajstić information content (AvgIpc) is 1.64. The summed E-state index contributed by atoms with van der Waals surface area (Å²) in [4.78, 5) is 117. The predicted octanol–water partition coefficient (Wildman–Crippen LogP) is 12.5. The zero-order valence-electron chi connectivity index (χ0n) is 52.9. The zero-order valence-corrected chi connectivity index (χ0v) is 56.9. The number of carbonyl (C=O) groups is 9. The van der Waals surface area contributed by atoms with E-state index in [1.807, 2.05) is 90.1 Å². The number of anilines is 3. The van der Waals surface area contributed by atoms with E-state index in [0.29, 0.717) is 81.9 Å². The van der Waals surface area contributed by atoms with Crippen molar-refractivity contribution >= 4 is 129 Å². The molecule has 96 heavy (non-hydrogen) atoms. The van der Waals surface area contributed by atoms with E-state index < -0.39 is 35.2 Å². The van der Waals surface area contributed by atoms with Crippen LogP contribution in [0.1, 0.15) is 104 Å². The Morgan fingerprint density at radius 2 is 0.823 bits per heavy atom. The molecule has 3 fully saturated rings. The van der Waals surface area contributed by atoms with Gasteiger partial charge in [0.15, 0.2) is 0 Å². The number of benzene rings is 6. The molecule has 0 radical (unpaired) electrons. The molecule has 12 rings (SSSR count). The SMILES string of the molecule is CC(C)(C)OC(=O)N1CC(CN)C1.CC(C)(C)OC(=O)N1CC(CNC(=O)c2ccc3c(c2)NC(=O)c2ccccc2S3)C1.ClCCl.O=C(NCC1CN(C(=O)C(F)(F)F)C1)c1ccc2c(c1)NC(=O)c1ccccc1S2.O=C(O)c1ccc2c(c1)NC(=O)c1ccccc1S2. The fraction of sp³-hybridized carbons (Fsp3) is 0.328. The molecule has 8 amide bonds. The second kappa shape index (κ2) is 32.1. The number of hydrogen-bond donors (Lipinski definition) is 7. The molecule has 21 nitrogen and oxygen atoms in total. The van der Waals surface area contributed by atoms with Gasteiger partial charge in [-0.2, -0.15) is 13.2 Å². The Bertz CT molecular complexity index is 3930. The first-order valence-corrected chi connectivity index (χ1v) is 33.5. The average molecular weight is 1420 g/mol. The molecule has 0 bridgehead atoms. The van der Waals surface area contributed by atoms with E-state index in [0.717, 1.165) is 42.5 Å². The Hall–Kier alpha value is -8.47. The minimum Gasteiger partial charge on any atom is -0.478 e. The van der Waals surface area contributed by atoms with E-state index >= 15 is 0 Å². The topological polar surface area (TPSA) is 288 Å². The molecule has 6 aliphatic heterocycles. The first-order chi connectivity index (χ1) is 45.4. The van der Waals surface area contributed by atoms with E-state index in [-0.39, 0.29) is 78.2 Å². The second-order valence-corrected chi connectivity index (χ2v) is 28.5. The van der Waals surface area contributed by atoms with Crippen molar-refractivity contribution in [3.05, 3.63) is 161 Å². The highest BCUT2D eigenvalue weighted by Crippen LogP contribution is 2.42. The van der Waals surface area contributed by atoms with Crippen LogP contribution in [-0.4, -0.2) is 155 Å². The molecule has 0 spiro atoms. The number of nitrogens with one attached hydrogen (secondary N) is 5. The molecule has 508 valence electrons. The Morgan fingerprint density at radius 3 is 1.15 bits per heavy atom. The van der Waals surface area contributed by atoms with E-state index in [1.54, 1.807) is 76.5 Å². The zero-order chi connectivity index (χ0) is 69.8. The molecule has 6 aliphatic rings. The molecule has 0 aromatic heterocycles. The number of carboxylic acids is 1. The highest BCUT2D eigenvalue weighted by molar-refractivity contribution is 8.00. The molecule has 0 atom stereocenters. The van der Waals surface area contributed by atoms with E-state index in [1.165, 1.54) is 47.4 Å². The van der Waals surface area contributed by atoms with Crippen LogP contribution in [-0.2, 0) is 14.3 Å². The lowest BCUT2D eigenvalue weighted by atomic mass is 10.00. The number of amides is 8. The van der Waals surface area contributed by atoms with Gasteiger partial charge in [0.1, 0.15) is 11.2 Å². The Kier molecular flexibility index (Phi) is 24.5. The van der Waals surface area contributed by atoms with Crippen molar-refractivity contribution in [2.75, 3.05) is 80.2 Å². The lowest BCUT2D eigenvalue weighted by Crippen LogP contribution is -2.57. The number of hydrogen-bond acceptors (Lipinski definition) is 15. The maximum Gasteiger partial charge on any atom is 0.471 e. The Morgan fingerprint density at radius 1 is 0.510 bits per heavy atom. The first kappa shape index (κ1) is 73.3. The first-order valence-electron chi connectivity index (χ1n) is 30.0.